The lowest BCUT2D eigenvalue weighted by Gasteiger charge is -2.18. The van der Waals surface area contributed by atoms with Gasteiger partial charge in [-0.15, -0.1) is 10.2 Å². The van der Waals surface area contributed by atoms with Crippen LogP contribution < -0.4 is 0 Å². The van der Waals surface area contributed by atoms with Gasteiger partial charge in [-0.1, -0.05) is 65.0 Å². The number of hydrogen-bond acceptors (Lipinski definition) is 7. The van der Waals surface area contributed by atoms with Gasteiger partial charge >= 0.3 is 0 Å². The fraction of sp³-hybridized carbons (Fsp3) is 0.478. The Morgan fingerprint density at radius 1 is 1.19 bits per heavy atom. The summed E-state index contributed by atoms with van der Waals surface area (Å²) in [5, 5.41) is 47.4. The van der Waals surface area contributed by atoms with Crippen LogP contribution in [-0.2, 0) is 12.8 Å². The summed E-state index contributed by atoms with van der Waals surface area (Å²) in [4.78, 5) is 0. The van der Waals surface area contributed by atoms with E-state index in [1.54, 1.807) is 6.08 Å². The van der Waals surface area contributed by atoms with Crippen LogP contribution in [0.2, 0.25) is 0 Å². The van der Waals surface area contributed by atoms with Crippen LogP contribution in [0.15, 0.2) is 59.8 Å². The number of oxime groups is 1. The van der Waals surface area contributed by atoms with Gasteiger partial charge in [0, 0.05) is 24.7 Å². The molecule has 166 valence electrons. The van der Waals surface area contributed by atoms with Crippen LogP contribution in [0.4, 0.5) is 0 Å². The number of unbranched alkanes of at least 4 members (excludes halogenated alkanes) is 1. The summed E-state index contributed by atoms with van der Waals surface area (Å²) in [6.07, 6.45) is 11.7. The molecule has 31 heavy (non-hydrogen) atoms. The highest BCUT2D eigenvalue weighted by molar-refractivity contribution is 5.90. The maximum Gasteiger partial charge on any atom is 0.174 e. The standard InChI is InChI=1S/C23H31N5O3/c29-18(13-12-17-8-4-3-5-9-17)14-15-19-20(22(30)16-21(19)26-31)10-6-1-2-7-11-23-24-27-28-25-23/h1,3-6,8-9,14-15,18-20,22,29-31H,2,7,10-13,16H2,(H,24,25,27,28)/b6-1-,15-14+,26-21-. The lowest BCUT2D eigenvalue weighted by atomic mass is 9.89. The normalized spacial score (nSPS) is 23.9. The molecule has 0 bridgehead atoms. The van der Waals surface area contributed by atoms with Crippen LogP contribution in [0, 0.1) is 11.8 Å². The quantitative estimate of drug-likeness (QED) is 0.190. The Morgan fingerprint density at radius 2 is 2.03 bits per heavy atom. The van der Waals surface area contributed by atoms with E-state index in [2.05, 4.69) is 37.9 Å². The minimum Gasteiger partial charge on any atom is -0.411 e. The van der Waals surface area contributed by atoms with E-state index in [9.17, 15) is 15.4 Å². The van der Waals surface area contributed by atoms with E-state index in [1.165, 1.54) is 5.56 Å². The number of allylic oxidation sites excluding steroid dienone is 3. The van der Waals surface area contributed by atoms with Crippen molar-refractivity contribution in [2.24, 2.45) is 17.0 Å². The second-order valence-corrected chi connectivity index (χ2v) is 7.96. The topological polar surface area (TPSA) is 128 Å². The number of nitrogens with one attached hydrogen (secondary N) is 1. The van der Waals surface area contributed by atoms with Crippen molar-refractivity contribution in [3.05, 3.63) is 66.0 Å². The molecule has 4 N–H and O–H groups in total. The smallest absolute Gasteiger partial charge is 0.174 e. The van der Waals surface area contributed by atoms with Crippen LogP contribution in [-0.4, -0.2) is 54.0 Å². The number of H-pyrrole nitrogens is 1. The number of aromatic amines is 1. The van der Waals surface area contributed by atoms with Crippen LogP contribution in [0.3, 0.4) is 0 Å². The number of benzene rings is 1. The van der Waals surface area contributed by atoms with E-state index in [-0.39, 0.29) is 11.8 Å². The number of aryl methyl sites for hydroxylation is 2. The van der Waals surface area contributed by atoms with Gasteiger partial charge in [0.15, 0.2) is 5.82 Å². The Balaban J connectivity index is 1.48. The molecule has 1 aliphatic rings. The van der Waals surface area contributed by atoms with Crippen molar-refractivity contribution in [2.75, 3.05) is 0 Å². The third-order valence-electron chi connectivity index (χ3n) is 5.73. The Hall–Kier alpha value is -2.84. The molecular formula is C23H31N5O3. The summed E-state index contributed by atoms with van der Waals surface area (Å²) in [6.45, 7) is 0. The minimum atomic E-state index is -0.584. The van der Waals surface area contributed by atoms with E-state index in [1.807, 2.05) is 36.4 Å². The van der Waals surface area contributed by atoms with Crippen LogP contribution in [0.1, 0.15) is 43.5 Å². The molecule has 1 saturated carbocycles. The average Bonchev–Trinajstić information content (AvgIpc) is 3.41. The fourth-order valence-corrected chi connectivity index (χ4v) is 3.99. The zero-order valence-corrected chi connectivity index (χ0v) is 17.6. The molecule has 8 nitrogen and oxygen atoms in total. The summed E-state index contributed by atoms with van der Waals surface area (Å²) in [5.41, 5.74) is 1.75. The van der Waals surface area contributed by atoms with Gasteiger partial charge in [-0.25, -0.2) is 0 Å². The summed E-state index contributed by atoms with van der Waals surface area (Å²) >= 11 is 0. The molecule has 1 fully saturated rings. The molecule has 1 aromatic carbocycles. The molecule has 0 aliphatic heterocycles. The number of hydrogen-bond donors (Lipinski definition) is 4. The highest BCUT2D eigenvalue weighted by Gasteiger charge is 2.38. The van der Waals surface area contributed by atoms with Crippen LogP contribution >= 0.6 is 0 Å². The minimum absolute atomic E-state index is 0.0723. The Labute approximate surface area is 182 Å². The molecule has 4 atom stereocenters. The molecule has 0 spiro atoms. The number of aliphatic hydroxyl groups is 2. The predicted octanol–water partition coefficient (Wildman–Crippen LogP) is 2.85. The fourth-order valence-electron chi connectivity index (χ4n) is 3.99. The van der Waals surface area contributed by atoms with Crippen molar-refractivity contribution in [2.45, 2.75) is 57.2 Å². The molecule has 0 amide bonds. The third kappa shape index (κ3) is 7.11. The first-order valence-corrected chi connectivity index (χ1v) is 10.8. The summed E-state index contributed by atoms with van der Waals surface area (Å²) < 4.78 is 0. The van der Waals surface area contributed by atoms with Gasteiger partial charge < -0.3 is 15.4 Å². The van der Waals surface area contributed by atoms with Crippen molar-refractivity contribution >= 4 is 5.71 Å². The number of nitrogens with zero attached hydrogens (tertiary/aromatic N) is 4. The van der Waals surface area contributed by atoms with Crippen molar-refractivity contribution in [1.82, 2.24) is 20.6 Å². The van der Waals surface area contributed by atoms with E-state index >= 15 is 0 Å². The first-order chi connectivity index (χ1) is 15.2. The molecule has 0 saturated heterocycles. The van der Waals surface area contributed by atoms with E-state index in [0.717, 1.165) is 25.7 Å². The highest BCUT2D eigenvalue weighted by atomic mass is 16.4. The number of rotatable bonds is 11. The Bertz CT molecular complexity index is 851. The van der Waals surface area contributed by atoms with E-state index < -0.39 is 12.2 Å². The van der Waals surface area contributed by atoms with Crippen molar-refractivity contribution < 1.29 is 15.4 Å². The maximum atomic E-state index is 10.5. The molecule has 0 radical (unpaired) electrons. The second kappa shape index (κ2) is 12.1. The zero-order chi connectivity index (χ0) is 21.9. The Kier molecular flexibility index (Phi) is 8.93. The van der Waals surface area contributed by atoms with Crippen molar-refractivity contribution in [3.63, 3.8) is 0 Å². The van der Waals surface area contributed by atoms with Gasteiger partial charge in [-0.05, 0) is 37.7 Å². The number of tetrazole rings is 1. The van der Waals surface area contributed by atoms with E-state index in [4.69, 9.17) is 0 Å². The average molecular weight is 426 g/mol. The number of aliphatic hydroxyl groups excluding tert-OH is 2. The summed E-state index contributed by atoms with van der Waals surface area (Å²) in [5.74, 6) is 0.451. The molecule has 1 aliphatic carbocycles. The zero-order valence-electron chi connectivity index (χ0n) is 17.6. The van der Waals surface area contributed by atoms with Crippen LogP contribution in [0.25, 0.3) is 0 Å². The molecule has 8 heteroatoms. The molecular weight excluding hydrogens is 394 g/mol. The predicted molar refractivity (Wildman–Crippen MR) is 118 cm³/mol. The molecule has 1 aromatic heterocycles. The lowest BCUT2D eigenvalue weighted by Crippen LogP contribution is -2.19. The van der Waals surface area contributed by atoms with Crippen molar-refractivity contribution in [1.29, 1.82) is 0 Å². The lowest BCUT2D eigenvalue weighted by molar-refractivity contribution is 0.125. The monoisotopic (exact) mass is 425 g/mol. The Morgan fingerprint density at radius 3 is 2.77 bits per heavy atom. The van der Waals surface area contributed by atoms with Gasteiger partial charge in [0.05, 0.1) is 17.9 Å². The van der Waals surface area contributed by atoms with Crippen molar-refractivity contribution in [3.8, 4) is 0 Å². The first-order valence-electron chi connectivity index (χ1n) is 10.8. The first kappa shape index (κ1) is 22.8. The molecule has 4 unspecified atom stereocenters. The third-order valence-corrected chi connectivity index (χ3v) is 5.73. The summed E-state index contributed by atoms with van der Waals surface area (Å²) in [6, 6.07) is 10.1. The van der Waals surface area contributed by atoms with Gasteiger partial charge in [0.25, 0.3) is 0 Å². The van der Waals surface area contributed by atoms with Gasteiger partial charge in [-0.3, -0.25) is 0 Å². The van der Waals surface area contributed by atoms with Gasteiger partial charge in [0.1, 0.15) is 0 Å². The number of aromatic nitrogens is 4. The largest absolute Gasteiger partial charge is 0.411 e. The SMILES string of the molecule is O/N=C1/CC(O)C(C/C=C\CCCc2nn[nH]n2)C1/C=C/C(O)CCc1ccccc1. The molecule has 1 heterocycles. The van der Waals surface area contributed by atoms with Crippen LogP contribution in [0.5, 0.6) is 0 Å². The molecule has 2 aromatic rings. The van der Waals surface area contributed by atoms with Gasteiger partial charge in [0.2, 0.25) is 0 Å². The highest BCUT2D eigenvalue weighted by Crippen LogP contribution is 2.34. The molecule has 3 rings (SSSR count). The van der Waals surface area contributed by atoms with E-state index in [0.29, 0.717) is 30.8 Å². The summed E-state index contributed by atoms with van der Waals surface area (Å²) in [7, 11) is 0. The van der Waals surface area contributed by atoms with Gasteiger partial charge in [-0.2, -0.15) is 5.21 Å². The maximum absolute atomic E-state index is 10.5. The second-order valence-electron chi connectivity index (χ2n) is 7.96.